The second-order valence-electron chi connectivity index (χ2n) is 4.05. The van der Waals surface area contributed by atoms with Crippen LogP contribution in [0.3, 0.4) is 0 Å². The third-order valence-corrected chi connectivity index (χ3v) is 2.48. The van der Waals surface area contributed by atoms with Gasteiger partial charge in [-0.3, -0.25) is 4.90 Å². The lowest BCUT2D eigenvalue weighted by Gasteiger charge is -2.22. The average molecular weight is 247 g/mol. The maximum Gasteiger partial charge on any atom is 0.401 e. The monoisotopic (exact) mass is 247 g/mol. The number of hydrogen-bond donors (Lipinski definition) is 1. The molecule has 0 atom stereocenters. The summed E-state index contributed by atoms with van der Waals surface area (Å²) in [6.07, 6.45) is -4.21. The van der Waals surface area contributed by atoms with Gasteiger partial charge in [-0.05, 0) is 19.5 Å². The average Bonchev–Trinajstić information content (AvgIpc) is 2.20. The second-order valence-corrected chi connectivity index (χ2v) is 4.05. The lowest BCUT2D eigenvalue weighted by Crippen LogP contribution is -2.33. The van der Waals surface area contributed by atoms with Crippen LogP contribution in [-0.2, 0) is 6.54 Å². The molecule has 0 bridgehead atoms. The minimum absolute atomic E-state index is 0.0382. The predicted octanol–water partition coefficient (Wildman–Crippen LogP) is 3.08. The number of phenols is 1. The Morgan fingerprint density at radius 1 is 1.29 bits per heavy atom. The Morgan fingerprint density at radius 3 is 2.47 bits per heavy atom. The normalized spacial score (nSPS) is 12.1. The largest absolute Gasteiger partial charge is 0.508 e. The highest BCUT2D eigenvalue weighted by molar-refractivity contribution is 5.35. The zero-order valence-electron chi connectivity index (χ0n) is 9.88. The Labute approximate surface area is 98.7 Å². The first kappa shape index (κ1) is 13.8. The molecule has 96 valence electrons. The number of benzene rings is 1. The van der Waals surface area contributed by atoms with Gasteiger partial charge in [0.15, 0.2) is 0 Å². The van der Waals surface area contributed by atoms with Gasteiger partial charge in [0.1, 0.15) is 5.75 Å². The molecule has 1 rings (SSSR count). The van der Waals surface area contributed by atoms with Crippen molar-refractivity contribution in [2.45, 2.75) is 26.6 Å². The third-order valence-electron chi connectivity index (χ3n) is 2.48. The molecule has 0 aliphatic carbocycles. The van der Waals surface area contributed by atoms with Gasteiger partial charge in [-0.25, -0.2) is 0 Å². The van der Waals surface area contributed by atoms with E-state index in [1.165, 1.54) is 11.0 Å². The SMILES string of the molecule is CCN(Cc1cc(C)ccc1O)CC(F)(F)F. The molecule has 0 amide bonds. The number of aromatic hydroxyl groups is 1. The van der Waals surface area contributed by atoms with Crippen molar-refractivity contribution >= 4 is 0 Å². The third kappa shape index (κ3) is 4.65. The van der Waals surface area contributed by atoms with Gasteiger partial charge in [0, 0.05) is 12.1 Å². The minimum Gasteiger partial charge on any atom is -0.508 e. The van der Waals surface area contributed by atoms with E-state index >= 15 is 0 Å². The quantitative estimate of drug-likeness (QED) is 0.883. The summed E-state index contributed by atoms with van der Waals surface area (Å²) in [7, 11) is 0. The van der Waals surface area contributed by atoms with Crippen LogP contribution in [-0.4, -0.2) is 29.3 Å². The van der Waals surface area contributed by atoms with Crippen molar-refractivity contribution in [3.63, 3.8) is 0 Å². The molecule has 1 N–H and O–H groups in total. The molecule has 5 heteroatoms. The van der Waals surface area contributed by atoms with Crippen LogP contribution in [0.4, 0.5) is 13.2 Å². The lowest BCUT2D eigenvalue weighted by molar-refractivity contribution is -0.146. The van der Waals surface area contributed by atoms with Crippen LogP contribution in [0.25, 0.3) is 0 Å². The fraction of sp³-hybridized carbons (Fsp3) is 0.500. The molecule has 0 saturated heterocycles. The van der Waals surface area contributed by atoms with Crippen molar-refractivity contribution in [1.29, 1.82) is 0 Å². The molecule has 17 heavy (non-hydrogen) atoms. The van der Waals surface area contributed by atoms with Crippen LogP contribution < -0.4 is 0 Å². The molecule has 0 unspecified atom stereocenters. The van der Waals surface area contributed by atoms with Crippen LogP contribution >= 0.6 is 0 Å². The number of nitrogens with zero attached hydrogens (tertiary/aromatic N) is 1. The standard InChI is InChI=1S/C12H16F3NO/c1-3-16(8-12(13,14)15)7-10-6-9(2)4-5-11(10)17/h4-6,17H,3,7-8H2,1-2H3. The van der Waals surface area contributed by atoms with E-state index in [1.807, 2.05) is 6.92 Å². The van der Waals surface area contributed by atoms with Gasteiger partial charge in [-0.1, -0.05) is 24.6 Å². The second kappa shape index (κ2) is 5.40. The summed E-state index contributed by atoms with van der Waals surface area (Å²) in [4.78, 5) is 1.24. The summed E-state index contributed by atoms with van der Waals surface area (Å²) in [6.45, 7) is 2.93. The molecule has 0 aromatic heterocycles. The fourth-order valence-corrected chi connectivity index (χ4v) is 1.61. The summed E-state index contributed by atoms with van der Waals surface area (Å²) in [6, 6.07) is 4.93. The van der Waals surface area contributed by atoms with Crippen molar-refractivity contribution in [2.75, 3.05) is 13.1 Å². The van der Waals surface area contributed by atoms with E-state index in [0.717, 1.165) is 5.56 Å². The molecule has 0 aliphatic rings. The number of hydrogen-bond acceptors (Lipinski definition) is 2. The Bertz CT molecular complexity index is 377. The molecule has 2 nitrogen and oxygen atoms in total. The number of aryl methyl sites for hydroxylation is 1. The van der Waals surface area contributed by atoms with Crippen LogP contribution in [0.5, 0.6) is 5.75 Å². The van der Waals surface area contributed by atoms with Gasteiger partial charge in [0.2, 0.25) is 0 Å². The van der Waals surface area contributed by atoms with Gasteiger partial charge in [0.25, 0.3) is 0 Å². The Kier molecular flexibility index (Phi) is 4.40. The van der Waals surface area contributed by atoms with E-state index in [-0.39, 0.29) is 18.8 Å². The van der Waals surface area contributed by atoms with Gasteiger partial charge in [-0.2, -0.15) is 13.2 Å². The molecule has 0 fully saturated rings. The molecule has 0 radical (unpaired) electrons. The minimum atomic E-state index is -4.21. The number of rotatable bonds is 4. The van der Waals surface area contributed by atoms with E-state index in [9.17, 15) is 18.3 Å². The Morgan fingerprint density at radius 2 is 1.94 bits per heavy atom. The number of phenolic OH excluding ortho intramolecular Hbond substituents is 1. The number of alkyl halides is 3. The predicted molar refractivity (Wildman–Crippen MR) is 59.8 cm³/mol. The summed E-state index contributed by atoms with van der Waals surface area (Å²) in [5.74, 6) is 0.0382. The molecule has 0 saturated carbocycles. The lowest BCUT2D eigenvalue weighted by atomic mass is 10.1. The van der Waals surface area contributed by atoms with Crippen molar-refractivity contribution in [2.24, 2.45) is 0 Å². The van der Waals surface area contributed by atoms with Crippen molar-refractivity contribution < 1.29 is 18.3 Å². The summed E-state index contributed by atoms with van der Waals surface area (Å²) in [5, 5.41) is 9.57. The van der Waals surface area contributed by atoms with E-state index < -0.39 is 12.7 Å². The van der Waals surface area contributed by atoms with Gasteiger partial charge in [-0.15, -0.1) is 0 Å². The molecule has 0 aliphatic heterocycles. The van der Waals surface area contributed by atoms with Crippen LogP contribution in [0.15, 0.2) is 18.2 Å². The first-order valence-corrected chi connectivity index (χ1v) is 5.39. The summed E-state index contributed by atoms with van der Waals surface area (Å²) in [5.41, 5.74) is 1.44. The van der Waals surface area contributed by atoms with Crippen molar-refractivity contribution in [3.05, 3.63) is 29.3 Å². The van der Waals surface area contributed by atoms with E-state index in [1.54, 1.807) is 19.1 Å². The summed E-state index contributed by atoms with van der Waals surface area (Å²) < 4.78 is 36.8. The highest BCUT2D eigenvalue weighted by Gasteiger charge is 2.30. The highest BCUT2D eigenvalue weighted by Crippen LogP contribution is 2.22. The Balaban J connectivity index is 2.77. The molecular formula is C12H16F3NO. The topological polar surface area (TPSA) is 23.5 Å². The fourth-order valence-electron chi connectivity index (χ4n) is 1.61. The van der Waals surface area contributed by atoms with E-state index in [0.29, 0.717) is 5.56 Å². The smallest absolute Gasteiger partial charge is 0.401 e. The first-order valence-electron chi connectivity index (χ1n) is 5.39. The molecule has 1 aromatic carbocycles. The van der Waals surface area contributed by atoms with Gasteiger partial charge >= 0.3 is 6.18 Å². The van der Waals surface area contributed by atoms with Gasteiger partial charge in [0.05, 0.1) is 6.54 Å². The van der Waals surface area contributed by atoms with E-state index in [4.69, 9.17) is 0 Å². The molecule has 1 aromatic rings. The highest BCUT2D eigenvalue weighted by atomic mass is 19.4. The van der Waals surface area contributed by atoms with Crippen molar-refractivity contribution in [1.82, 2.24) is 4.90 Å². The maximum atomic E-state index is 12.3. The molecule has 0 heterocycles. The maximum absolute atomic E-state index is 12.3. The first-order chi connectivity index (χ1) is 7.81. The van der Waals surface area contributed by atoms with Crippen LogP contribution in [0, 0.1) is 6.92 Å². The Hall–Kier alpha value is -1.23. The number of halogens is 3. The van der Waals surface area contributed by atoms with Gasteiger partial charge < -0.3 is 5.11 Å². The van der Waals surface area contributed by atoms with Crippen molar-refractivity contribution in [3.8, 4) is 5.75 Å². The van der Waals surface area contributed by atoms with E-state index in [2.05, 4.69) is 0 Å². The molecular weight excluding hydrogens is 231 g/mol. The zero-order valence-corrected chi connectivity index (χ0v) is 9.88. The summed E-state index contributed by atoms with van der Waals surface area (Å²) >= 11 is 0. The van der Waals surface area contributed by atoms with Crippen LogP contribution in [0.1, 0.15) is 18.1 Å². The van der Waals surface area contributed by atoms with Crippen LogP contribution in [0.2, 0.25) is 0 Å². The molecule has 0 spiro atoms. The zero-order chi connectivity index (χ0) is 13.1.